The Hall–Kier alpha value is 0.749. The van der Waals surface area contributed by atoms with Crippen molar-refractivity contribution >= 4 is 11.0 Å². The summed E-state index contributed by atoms with van der Waals surface area (Å²) < 4.78 is 0. The molecule has 0 amide bonds. The monoisotopic (exact) mass is 114 g/mol. The molecule has 0 aliphatic rings. The van der Waals surface area contributed by atoms with Gasteiger partial charge in [-0.3, -0.25) is 0 Å². The zero-order valence-corrected chi connectivity index (χ0v) is 3.68. The summed E-state index contributed by atoms with van der Waals surface area (Å²) in [7, 11) is 0. The molecule has 28 valence electrons. The van der Waals surface area contributed by atoms with E-state index in [1.807, 2.05) is 0 Å². The van der Waals surface area contributed by atoms with Gasteiger partial charge in [-0.25, -0.2) is 0 Å². The quantitative estimate of drug-likeness (QED) is 0.380. The van der Waals surface area contributed by atoms with Crippen LogP contribution in [0.5, 0.6) is 0 Å². The molecule has 0 aliphatic carbocycles. The molecule has 0 rings (SSSR count). The van der Waals surface area contributed by atoms with Gasteiger partial charge in [0.2, 0.25) is 0 Å². The van der Waals surface area contributed by atoms with Gasteiger partial charge in [-0.1, -0.05) is 0 Å². The summed E-state index contributed by atoms with van der Waals surface area (Å²) in [6.45, 7) is 0. The van der Waals surface area contributed by atoms with Gasteiger partial charge < -0.3 is 0 Å². The first-order chi connectivity index (χ1) is 1.41. The van der Waals surface area contributed by atoms with Gasteiger partial charge in [-0.15, -0.1) is 0 Å². The molecule has 0 unspecified atom stereocenters. The molecule has 0 heterocycles. The summed E-state index contributed by atoms with van der Waals surface area (Å²) in [5.41, 5.74) is 0. The molecule has 0 spiro atoms. The molecule has 0 fully saturated rings. The summed E-state index contributed by atoms with van der Waals surface area (Å²) in [6, 6.07) is 0. The first kappa shape index (κ1) is 8.83. The van der Waals surface area contributed by atoms with Crippen molar-refractivity contribution in [2.24, 2.45) is 0 Å². The van der Waals surface area contributed by atoms with Crippen LogP contribution in [0.2, 0.25) is 11.6 Å². The van der Waals surface area contributed by atoms with E-state index in [1.54, 1.807) is 0 Å². The maximum Gasteiger partial charge on any atom is -0.0149 e. The Bertz CT molecular complexity index is 6.00. The van der Waals surface area contributed by atoms with E-state index in [1.165, 1.54) is 0 Å². The zero-order valence-electron chi connectivity index (χ0n) is 2.41. The van der Waals surface area contributed by atoms with Crippen LogP contribution in [0.4, 0.5) is 0 Å². The van der Waals surface area contributed by atoms with E-state index in [9.17, 15) is 0 Å². The summed E-state index contributed by atoms with van der Waals surface area (Å²) in [5, 5.41) is 0. The number of rotatable bonds is 0. The van der Waals surface area contributed by atoms with Gasteiger partial charge in [0.1, 0.15) is 0 Å². The normalized spacial score (nSPS) is 4.50. The zero-order chi connectivity index (χ0) is 2.71. The van der Waals surface area contributed by atoms with Crippen molar-refractivity contribution in [3.05, 3.63) is 0 Å². The second kappa shape index (κ2) is 9.26. The molecule has 2 heteroatoms. The summed E-state index contributed by atoms with van der Waals surface area (Å²) in [5.74, 6) is 4.38. The molecule has 0 bridgehead atoms. The van der Waals surface area contributed by atoms with E-state index >= 15 is 0 Å². The molecule has 0 radical (unpaired) electrons. The van der Waals surface area contributed by atoms with Gasteiger partial charge in [0.25, 0.3) is 0 Å². The minimum absolute atomic E-state index is 0. The molecule has 0 N–H and O–H groups in total. The van der Waals surface area contributed by atoms with Crippen LogP contribution in [0.15, 0.2) is 0 Å². The van der Waals surface area contributed by atoms with Crippen molar-refractivity contribution in [2.45, 2.75) is 11.6 Å². The molecular formula is C2H10CrSi. The van der Waals surface area contributed by atoms with Crippen molar-refractivity contribution in [1.29, 1.82) is 0 Å². The standard InChI is InChI=1S/2CH3.Cr.H4Si/h2*1H3;;1H4. The second-order valence-corrected chi connectivity index (χ2v) is 1.68. The van der Waals surface area contributed by atoms with Crippen LogP contribution in [-0.4, -0.2) is 11.0 Å². The topological polar surface area (TPSA) is 0 Å². The Morgan fingerprint density at radius 2 is 1.25 bits per heavy atom. The summed E-state index contributed by atoms with van der Waals surface area (Å²) in [6.07, 6.45) is 0. The molecule has 0 aliphatic heterocycles. The van der Waals surface area contributed by atoms with Crippen molar-refractivity contribution in [3.8, 4) is 0 Å². The third-order valence-corrected chi connectivity index (χ3v) is 0. The van der Waals surface area contributed by atoms with Gasteiger partial charge in [0, 0.05) is 0 Å². The summed E-state index contributed by atoms with van der Waals surface area (Å²) in [4.78, 5) is 0. The van der Waals surface area contributed by atoms with Crippen molar-refractivity contribution < 1.29 is 15.2 Å². The Labute approximate surface area is 38.3 Å². The number of hydrogen-bond acceptors (Lipinski definition) is 0. The van der Waals surface area contributed by atoms with E-state index < -0.39 is 0 Å². The Kier molecular flexibility index (Phi) is 20.4. The van der Waals surface area contributed by atoms with Crippen LogP contribution in [-0.2, 0) is 15.2 Å². The molecule has 0 aromatic carbocycles. The molecular weight excluding hydrogens is 104 g/mol. The molecule has 0 nitrogen and oxygen atoms in total. The van der Waals surface area contributed by atoms with Crippen LogP contribution < -0.4 is 0 Å². The minimum Gasteiger partial charge on any atom is -0.0149 e. The van der Waals surface area contributed by atoms with Crippen LogP contribution in [0, 0.1) is 0 Å². The first-order valence-corrected chi connectivity index (χ1v) is 3.37. The van der Waals surface area contributed by atoms with Crippen LogP contribution in [0.1, 0.15) is 0 Å². The van der Waals surface area contributed by atoms with Gasteiger partial charge in [0.05, 0.1) is 0 Å². The minimum atomic E-state index is 0. The SMILES string of the molecule is [CH3][Cr][CH3].[SiH4]. The molecule has 0 aromatic heterocycles. The van der Waals surface area contributed by atoms with Gasteiger partial charge in [-0.05, 0) is 11.0 Å². The predicted molar refractivity (Wildman–Crippen MR) is 23.1 cm³/mol. The van der Waals surface area contributed by atoms with Crippen LogP contribution >= 0.6 is 0 Å². The van der Waals surface area contributed by atoms with E-state index in [2.05, 4.69) is 11.6 Å². The molecule has 0 aromatic rings. The Morgan fingerprint density at radius 1 is 1.25 bits per heavy atom. The van der Waals surface area contributed by atoms with Gasteiger partial charge in [0.15, 0.2) is 0 Å². The average molecular weight is 114 g/mol. The van der Waals surface area contributed by atoms with Crippen LogP contribution in [0.25, 0.3) is 0 Å². The third kappa shape index (κ3) is 15.0. The Balaban J connectivity index is 0. The second-order valence-electron chi connectivity index (χ2n) is 0.408. The fourth-order valence-electron chi connectivity index (χ4n) is 0. The average Bonchev–Trinajstić information content (AvgIpc) is 0.918. The number of hydrogen-bond donors (Lipinski definition) is 0. The largest absolute Gasteiger partial charge is 0.0149 e. The molecule has 0 saturated carbocycles. The predicted octanol–water partition coefficient (Wildman–Crippen LogP) is -0.287. The van der Waals surface area contributed by atoms with E-state index in [0.29, 0.717) is 0 Å². The van der Waals surface area contributed by atoms with Crippen LogP contribution in [0.3, 0.4) is 0 Å². The first-order valence-electron chi connectivity index (χ1n) is 0.816. The van der Waals surface area contributed by atoms with Crippen molar-refractivity contribution in [1.82, 2.24) is 0 Å². The smallest absolute Gasteiger partial charge is 0.0149 e. The maximum atomic E-state index is 2.19. The van der Waals surface area contributed by atoms with Crippen molar-refractivity contribution in [3.63, 3.8) is 0 Å². The Morgan fingerprint density at radius 3 is 1.25 bits per heavy atom. The van der Waals surface area contributed by atoms with Gasteiger partial charge >= 0.3 is 26.8 Å². The maximum absolute atomic E-state index is 2.19. The molecule has 4 heavy (non-hydrogen) atoms. The fraction of sp³-hybridized carbons (Fsp3) is 1.00. The van der Waals surface area contributed by atoms with E-state index in [-0.39, 0.29) is 11.0 Å². The summed E-state index contributed by atoms with van der Waals surface area (Å²) >= 11 is 0.875. The van der Waals surface area contributed by atoms with E-state index in [0.717, 1.165) is 15.2 Å². The third-order valence-electron chi connectivity index (χ3n) is 0. The fourth-order valence-corrected chi connectivity index (χ4v) is 0. The van der Waals surface area contributed by atoms with Gasteiger partial charge in [-0.2, -0.15) is 0 Å². The van der Waals surface area contributed by atoms with Crippen molar-refractivity contribution in [2.75, 3.05) is 0 Å². The molecule has 0 saturated heterocycles. The van der Waals surface area contributed by atoms with E-state index in [4.69, 9.17) is 0 Å². The molecule has 0 atom stereocenters.